The monoisotopic (exact) mass is 348 g/mol. The minimum atomic E-state index is -0.779. The molecule has 10 nitrogen and oxygen atoms in total. The lowest BCUT2D eigenvalue weighted by atomic mass is 10.1. The van der Waals surface area contributed by atoms with Crippen LogP contribution in [-0.4, -0.2) is 53.1 Å². The molecule has 0 aromatic heterocycles. The van der Waals surface area contributed by atoms with Crippen LogP contribution in [0.25, 0.3) is 0 Å². The van der Waals surface area contributed by atoms with Gasteiger partial charge < -0.3 is 10.6 Å². The van der Waals surface area contributed by atoms with Crippen LogP contribution in [0.3, 0.4) is 0 Å². The number of nitrogens with one attached hydrogen (secondary N) is 2. The van der Waals surface area contributed by atoms with E-state index in [1.165, 1.54) is 19.1 Å². The molecule has 0 saturated carbocycles. The van der Waals surface area contributed by atoms with E-state index in [1.54, 1.807) is 0 Å². The Balaban J connectivity index is 1.96. The van der Waals surface area contributed by atoms with Crippen LogP contribution in [0, 0.1) is 10.1 Å². The van der Waals surface area contributed by atoms with Crippen molar-refractivity contribution in [2.24, 2.45) is 0 Å². The topological polar surface area (TPSA) is 139 Å². The summed E-state index contributed by atoms with van der Waals surface area (Å²) >= 11 is 0. The maximum absolute atomic E-state index is 12.3. The Hall–Kier alpha value is -3.30. The van der Waals surface area contributed by atoms with Gasteiger partial charge in [0.15, 0.2) is 0 Å². The van der Waals surface area contributed by atoms with E-state index < -0.39 is 28.3 Å². The predicted molar refractivity (Wildman–Crippen MR) is 84.8 cm³/mol. The van der Waals surface area contributed by atoms with Gasteiger partial charge in [-0.3, -0.25) is 34.2 Å². The Kier molecular flexibility index (Phi) is 5.42. The number of benzene rings is 1. The molecule has 1 aliphatic rings. The van der Waals surface area contributed by atoms with Gasteiger partial charge in [0.05, 0.1) is 10.5 Å². The van der Waals surface area contributed by atoms with Gasteiger partial charge in [-0.1, -0.05) is 6.07 Å². The fourth-order valence-corrected chi connectivity index (χ4v) is 2.41. The lowest BCUT2D eigenvalue weighted by molar-refractivity contribution is -0.385. The third-order valence-corrected chi connectivity index (χ3v) is 3.56. The number of nitrogens with zero attached hydrogens (tertiary/aromatic N) is 2. The maximum Gasteiger partial charge on any atom is 0.282 e. The fourth-order valence-electron chi connectivity index (χ4n) is 2.41. The smallest absolute Gasteiger partial charge is 0.282 e. The van der Waals surface area contributed by atoms with Gasteiger partial charge in [-0.05, 0) is 6.07 Å². The van der Waals surface area contributed by atoms with Gasteiger partial charge in [0.25, 0.3) is 17.5 Å². The molecule has 1 aliphatic heterocycles. The van der Waals surface area contributed by atoms with Crippen LogP contribution in [0.1, 0.15) is 34.1 Å². The van der Waals surface area contributed by atoms with Gasteiger partial charge in [-0.15, -0.1) is 0 Å². The standard InChI is InChI=1S/C15H16N4O6/c1-9(20)16-6-7-17-12(21)5-8-18-14(22)10-3-2-4-11(19(24)25)13(10)15(18)23/h2-4H,5-8H2,1H3,(H,16,20)(H,17,21). The molecule has 0 fully saturated rings. The number of nitro benzene ring substituents is 1. The van der Waals surface area contributed by atoms with E-state index in [0.29, 0.717) is 0 Å². The summed E-state index contributed by atoms with van der Waals surface area (Å²) in [5.41, 5.74) is -0.716. The fraction of sp³-hybridized carbons (Fsp3) is 0.333. The minimum absolute atomic E-state index is 0.0368. The van der Waals surface area contributed by atoms with Gasteiger partial charge >= 0.3 is 0 Å². The average Bonchev–Trinajstić information content (AvgIpc) is 2.80. The Morgan fingerprint density at radius 3 is 2.48 bits per heavy atom. The zero-order chi connectivity index (χ0) is 18.6. The number of hydrogen-bond donors (Lipinski definition) is 2. The summed E-state index contributed by atoms with van der Waals surface area (Å²) in [6.45, 7) is 1.64. The molecule has 0 spiro atoms. The lowest BCUT2D eigenvalue weighted by Crippen LogP contribution is -2.37. The Morgan fingerprint density at radius 2 is 1.84 bits per heavy atom. The van der Waals surface area contributed by atoms with E-state index in [4.69, 9.17) is 0 Å². The number of nitro groups is 1. The zero-order valence-corrected chi connectivity index (χ0v) is 13.4. The summed E-state index contributed by atoms with van der Waals surface area (Å²) in [5, 5.41) is 16.0. The molecule has 4 amide bonds. The third kappa shape index (κ3) is 3.97. The molecule has 1 aromatic carbocycles. The summed E-state index contributed by atoms with van der Waals surface area (Å²) in [7, 11) is 0. The van der Waals surface area contributed by atoms with Gasteiger partial charge in [0.1, 0.15) is 5.56 Å². The van der Waals surface area contributed by atoms with Crippen molar-refractivity contribution in [3.63, 3.8) is 0 Å². The van der Waals surface area contributed by atoms with Crippen molar-refractivity contribution in [2.75, 3.05) is 19.6 Å². The summed E-state index contributed by atoms with van der Waals surface area (Å²) < 4.78 is 0. The van der Waals surface area contributed by atoms with Gasteiger partial charge in [0, 0.05) is 39.0 Å². The number of imide groups is 1. The first-order valence-corrected chi connectivity index (χ1v) is 7.47. The van der Waals surface area contributed by atoms with Crippen molar-refractivity contribution in [3.8, 4) is 0 Å². The molecule has 25 heavy (non-hydrogen) atoms. The van der Waals surface area contributed by atoms with Crippen molar-refractivity contribution in [1.82, 2.24) is 15.5 Å². The number of rotatable bonds is 7. The first kappa shape index (κ1) is 18.0. The summed E-state index contributed by atoms with van der Waals surface area (Å²) in [4.78, 5) is 58.1. The maximum atomic E-state index is 12.3. The predicted octanol–water partition coefficient (Wildman–Crippen LogP) is -0.167. The number of fused-ring (bicyclic) bond motifs is 1. The van der Waals surface area contributed by atoms with Crippen LogP contribution in [-0.2, 0) is 9.59 Å². The Morgan fingerprint density at radius 1 is 1.16 bits per heavy atom. The molecule has 0 atom stereocenters. The molecule has 2 N–H and O–H groups in total. The summed E-state index contributed by atoms with van der Waals surface area (Å²) in [6, 6.07) is 3.83. The highest BCUT2D eigenvalue weighted by Crippen LogP contribution is 2.30. The third-order valence-electron chi connectivity index (χ3n) is 3.56. The highest BCUT2D eigenvalue weighted by atomic mass is 16.6. The van der Waals surface area contributed by atoms with E-state index in [-0.39, 0.29) is 43.1 Å². The van der Waals surface area contributed by atoms with Crippen molar-refractivity contribution in [1.29, 1.82) is 0 Å². The quantitative estimate of drug-likeness (QED) is 0.304. The molecule has 1 heterocycles. The molecule has 2 rings (SSSR count). The van der Waals surface area contributed by atoms with E-state index in [1.807, 2.05) is 0 Å². The van der Waals surface area contributed by atoms with Gasteiger partial charge in [-0.2, -0.15) is 0 Å². The normalized spacial score (nSPS) is 12.8. The lowest BCUT2D eigenvalue weighted by Gasteiger charge is -2.13. The van der Waals surface area contributed by atoms with Crippen molar-refractivity contribution in [2.45, 2.75) is 13.3 Å². The Bertz CT molecular complexity index is 760. The molecule has 0 unspecified atom stereocenters. The Labute approximate surface area is 142 Å². The molecule has 10 heteroatoms. The van der Waals surface area contributed by atoms with E-state index in [2.05, 4.69) is 10.6 Å². The first-order chi connectivity index (χ1) is 11.8. The van der Waals surface area contributed by atoms with Crippen LogP contribution in [0.15, 0.2) is 18.2 Å². The zero-order valence-electron chi connectivity index (χ0n) is 13.4. The van der Waals surface area contributed by atoms with Crippen LogP contribution in [0.5, 0.6) is 0 Å². The van der Waals surface area contributed by atoms with Crippen molar-refractivity contribution < 1.29 is 24.1 Å². The van der Waals surface area contributed by atoms with E-state index in [9.17, 15) is 29.3 Å². The van der Waals surface area contributed by atoms with Crippen LogP contribution >= 0.6 is 0 Å². The largest absolute Gasteiger partial charge is 0.355 e. The number of carbonyl (C=O) groups excluding carboxylic acids is 4. The second-order valence-electron chi connectivity index (χ2n) is 5.30. The molecular weight excluding hydrogens is 332 g/mol. The molecular formula is C15H16N4O6. The molecule has 0 aliphatic carbocycles. The van der Waals surface area contributed by atoms with Gasteiger partial charge in [-0.25, -0.2) is 0 Å². The highest BCUT2D eigenvalue weighted by molar-refractivity contribution is 6.23. The second kappa shape index (κ2) is 7.51. The molecule has 1 aromatic rings. The van der Waals surface area contributed by atoms with E-state index in [0.717, 1.165) is 11.0 Å². The summed E-state index contributed by atoms with van der Waals surface area (Å²) in [5.74, 6) is -2.06. The first-order valence-electron chi connectivity index (χ1n) is 7.47. The number of amides is 4. The molecule has 0 saturated heterocycles. The van der Waals surface area contributed by atoms with Crippen LogP contribution in [0.4, 0.5) is 5.69 Å². The summed E-state index contributed by atoms with van der Waals surface area (Å²) in [6.07, 6.45) is -0.140. The number of carbonyl (C=O) groups is 4. The van der Waals surface area contributed by atoms with Crippen molar-refractivity contribution in [3.05, 3.63) is 39.4 Å². The van der Waals surface area contributed by atoms with Crippen LogP contribution in [0.2, 0.25) is 0 Å². The second-order valence-corrected chi connectivity index (χ2v) is 5.30. The highest BCUT2D eigenvalue weighted by Gasteiger charge is 2.40. The van der Waals surface area contributed by atoms with Gasteiger partial charge in [0.2, 0.25) is 11.8 Å². The molecule has 132 valence electrons. The van der Waals surface area contributed by atoms with Crippen molar-refractivity contribution >= 4 is 29.3 Å². The van der Waals surface area contributed by atoms with E-state index >= 15 is 0 Å². The van der Waals surface area contributed by atoms with Crippen LogP contribution < -0.4 is 10.6 Å². The SMILES string of the molecule is CC(=O)NCCNC(=O)CCN1C(=O)c2cccc([N+](=O)[O-])c2C1=O. The molecule has 0 radical (unpaired) electrons. The number of hydrogen-bond acceptors (Lipinski definition) is 6. The average molecular weight is 348 g/mol. The minimum Gasteiger partial charge on any atom is -0.355 e. The molecule has 0 bridgehead atoms.